The molecule has 20 heavy (non-hydrogen) atoms. The van der Waals surface area contributed by atoms with Crippen LogP contribution in [0.15, 0.2) is 29.2 Å². The molecule has 1 aromatic carbocycles. The van der Waals surface area contributed by atoms with E-state index < -0.39 is 14.9 Å². The summed E-state index contributed by atoms with van der Waals surface area (Å²) in [5.41, 5.74) is -0.217. The van der Waals surface area contributed by atoms with Crippen LogP contribution in [-0.2, 0) is 10.0 Å². The molecule has 7 heteroatoms. The van der Waals surface area contributed by atoms with Gasteiger partial charge in [-0.3, -0.25) is 10.1 Å². The van der Waals surface area contributed by atoms with Crippen LogP contribution in [0.3, 0.4) is 0 Å². The average Bonchev–Trinajstić information content (AvgIpc) is 2.41. The number of nitrogens with zero attached hydrogens (tertiary/aromatic N) is 1. The SMILES string of the molecule is CC1CCC(NS(=O)(=O)c2cccc([N+](=O)[O-])c2)CC1. The summed E-state index contributed by atoms with van der Waals surface area (Å²) >= 11 is 0. The minimum atomic E-state index is -3.69. The van der Waals surface area contributed by atoms with E-state index >= 15 is 0 Å². The Labute approximate surface area is 118 Å². The first-order valence-corrected chi connectivity index (χ1v) is 8.13. The Bertz CT molecular complexity index is 592. The van der Waals surface area contributed by atoms with E-state index in [0.717, 1.165) is 31.7 Å². The highest BCUT2D eigenvalue weighted by Crippen LogP contribution is 2.25. The monoisotopic (exact) mass is 298 g/mol. The van der Waals surface area contributed by atoms with Gasteiger partial charge in [0, 0.05) is 18.2 Å². The second kappa shape index (κ2) is 5.88. The van der Waals surface area contributed by atoms with E-state index in [0.29, 0.717) is 5.92 Å². The summed E-state index contributed by atoms with van der Waals surface area (Å²) in [5, 5.41) is 10.7. The second-order valence-corrected chi connectivity index (χ2v) is 7.05. The highest BCUT2D eigenvalue weighted by molar-refractivity contribution is 7.89. The molecule has 1 aliphatic rings. The van der Waals surface area contributed by atoms with E-state index in [1.165, 1.54) is 18.2 Å². The number of rotatable bonds is 4. The van der Waals surface area contributed by atoms with Gasteiger partial charge >= 0.3 is 0 Å². The van der Waals surface area contributed by atoms with Crippen molar-refractivity contribution in [3.8, 4) is 0 Å². The third kappa shape index (κ3) is 3.55. The standard InChI is InChI=1S/C13H18N2O4S/c1-10-5-7-11(8-6-10)14-20(18,19)13-4-2-3-12(9-13)15(16)17/h2-4,9-11,14H,5-8H2,1H3. The van der Waals surface area contributed by atoms with Gasteiger partial charge in [0.2, 0.25) is 10.0 Å². The van der Waals surface area contributed by atoms with Crippen molar-refractivity contribution in [1.82, 2.24) is 4.72 Å². The molecule has 0 atom stereocenters. The summed E-state index contributed by atoms with van der Waals surface area (Å²) < 4.78 is 27.1. The van der Waals surface area contributed by atoms with Crippen molar-refractivity contribution in [2.45, 2.75) is 43.5 Å². The van der Waals surface area contributed by atoms with Crippen LogP contribution in [0, 0.1) is 16.0 Å². The van der Waals surface area contributed by atoms with Crippen molar-refractivity contribution in [2.75, 3.05) is 0 Å². The maximum absolute atomic E-state index is 12.2. The summed E-state index contributed by atoms with van der Waals surface area (Å²) in [4.78, 5) is 10.0. The summed E-state index contributed by atoms with van der Waals surface area (Å²) in [5.74, 6) is 0.633. The molecule has 0 heterocycles. The zero-order chi connectivity index (χ0) is 14.8. The number of benzene rings is 1. The lowest BCUT2D eigenvalue weighted by Crippen LogP contribution is -2.37. The van der Waals surface area contributed by atoms with Gasteiger partial charge in [-0.15, -0.1) is 0 Å². The normalized spacial score (nSPS) is 23.4. The van der Waals surface area contributed by atoms with E-state index in [9.17, 15) is 18.5 Å². The summed E-state index contributed by atoms with van der Waals surface area (Å²) in [6.07, 6.45) is 3.63. The van der Waals surface area contributed by atoms with Gasteiger partial charge in [-0.1, -0.05) is 13.0 Å². The molecule has 0 unspecified atom stereocenters. The van der Waals surface area contributed by atoms with Crippen molar-refractivity contribution in [2.24, 2.45) is 5.92 Å². The van der Waals surface area contributed by atoms with Crippen LogP contribution in [0.2, 0.25) is 0 Å². The lowest BCUT2D eigenvalue weighted by Gasteiger charge is -2.26. The smallest absolute Gasteiger partial charge is 0.258 e. The van der Waals surface area contributed by atoms with E-state index in [4.69, 9.17) is 0 Å². The quantitative estimate of drug-likeness (QED) is 0.683. The molecule has 0 spiro atoms. The van der Waals surface area contributed by atoms with Crippen LogP contribution in [-0.4, -0.2) is 19.4 Å². The first-order valence-electron chi connectivity index (χ1n) is 6.65. The number of hydrogen-bond donors (Lipinski definition) is 1. The van der Waals surface area contributed by atoms with E-state index in [1.807, 2.05) is 0 Å². The molecule has 0 amide bonds. The second-order valence-electron chi connectivity index (χ2n) is 5.33. The molecule has 0 bridgehead atoms. The van der Waals surface area contributed by atoms with Crippen LogP contribution in [0.5, 0.6) is 0 Å². The first kappa shape index (κ1) is 14.9. The fraction of sp³-hybridized carbons (Fsp3) is 0.538. The largest absolute Gasteiger partial charge is 0.270 e. The van der Waals surface area contributed by atoms with Gasteiger partial charge in [0.1, 0.15) is 0 Å². The maximum atomic E-state index is 12.2. The zero-order valence-corrected chi connectivity index (χ0v) is 12.1. The molecule has 110 valence electrons. The topological polar surface area (TPSA) is 89.3 Å². The molecular weight excluding hydrogens is 280 g/mol. The molecule has 1 fully saturated rings. The Morgan fingerprint density at radius 2 is 1.90 bits per heavy atom. The van der Waals surface area contributed by atoms with Crippen LogP contribution in [0.4, 0.5) is 5.69 Å². The van der Waals surface area contributed by atoms with Gasteiger partial charge in [-0.2, -0.15) is 0 Å². The van der Waals surface area contributed by atoms with Gasteiger partial charge in [-0.25, -0.2) is 13.1 Å². The molecule has 0 aromatic heterocycles. The first-order chi connectivity index (χ1) is 9.38. The van der Waals surface area contributed by atoms with Crippen LogP contribution < -0.4 is 4.72 Å². The number of hydrogen-bond acceptors (Lipinski definition) is 4. The molecule has 1 saturated carbocycles. The zero-order valence-electron chi connectivity index (χ0n) is 11.3. The molecular formula is C13H18N2O4S. The Morgan fingerprint density at radius 1 is 1.25 bits per heavy atom. The van der Waals surface area contributed by atoms with Gasteiger partial charge in [-0.05, 0) is 37.7 Å². The van der Waals surface area contributed by atoms with Crippen molar-refractivity contribution in [3.63, 3.8) is 0 Å². The van der Waals surface area contributed by atoms with E-state index in [1.54, 1.807) is 0 Å². The lowest BCUT2D eigenvalue weighted by molar-refractivity contribution is -0.385. The van der Waals surface area contributed by atoms with Gasteiger partial charge in [0.05, 0.1) is 9.82 Å². The summed E-state index contributed by atoms with van der Waals surface area (Å²) in [6, 6.07) is 5.06. The third-order valence-corrected chi connectivity index (χ3v) is 5.19. The fourth-order valence-corrected chi connectivity index (χ4v) is 3.77. The molecule has 6 nitrogen and oxygen atoms in total. The molecule has 1 N–H and O–H groups in total. The minimum absolute atomic E-state index is 0.0506. The Hall–Kier alpha value is -1.47. The molecule has 1 aromatic rings. The Morgan fingerprint density at radius 3 is 2.50 bits per heavy atom. The van der Waals surface area contributed by atoms with Crippen molar-refractivity contribution in [3.05, 3.63) is 34.4 Å². The highest BCUT2D eigenvalue weighted by atomic mass is 32.2. The van der Waals surface area contributed by atoms with Crippen LogP contribution >= 0.6 is 0 Å². The fourth-order valence-electron chi connectivity index (χ4n) is 2.43. The van der Waals surface area contributed by atoms with Crippen LogP contribution in [0.25, 0.3) is 0 Å². The predicted molar refractivity (Wildman–Crippen MR) is 74.8 cm³/mol. The number of nitro benzene ring substituents is 1. The minimum Gasteiger partial charge on any atom is -0.258 e. The van der Waals surface area contributed by atoms with Crippen molar-refractivity contribution in [1.29, 1.82) is 0 Å². The molecule has 1 aliphatic carbocycles. The summed E-state index contributed by atoms with van der Waals surface area (Å²) in [7, 11) is -3.69. The average molecular weight is 298 g/mol. The van der Waals surface area contributed by atoms with Gasteiger partial charge in [0.15, 0.2) is 0 Å². The van der Waals surface area contributed by atoms with Crippen LogP contribution in [0.1, 0.15) is 32.6 Å². The lowest BCUT2D eigenvalue weighted by atomic mass is 9.88. The number of non-ortho nitro benzene ring substituents is 1. The molecule has 0 radical (unpaired) electrons. The maximum Gasteiger partial charge on any atom is 0.270 e. The van der Waals surface area contributed by atoms with Gasteiger partial charge < -0.3 is 0 Å². The number of sulfonamides is 1. The van der Waals surface area contributed by atoms with E-state index in [2.05, 4.69) is 11.6 Å². The molecule has 0 aliphatic heterocycles. The summed E-state index contributed by atoms with van der Waals surface area (Å²) in [6.45, 7) is 2.16. The molecule has 0 saturated heterocycles. The van der Waals surface area contributed by atoms with Crippen molar-refractivity contribution < 1.29 is 13.3 Å². The number of nitro groups is 1. The highest BCUT2D eigenvalue weighted by Gasteiger charge is 2.25. The number of nitrogens with one attached hydrogen (secondary N) is 1. The van der Waals surface area contributed by atoms with Crippen molar-refractivity contribution >= 4 is 15.7 Å². The van der Waals surface area contributed by atoms with Gasteiger partial charge in [0.25, 0.3) is 5.69 Å². The predicted octanol–water partition coefficient (Wildman–Crippen LogP) is 2.45. The Balaban J connectivity index is 2.14. The molecule has 2 rings (SSSR count). The van der Waals surface area contributed by atoms with E-state index in [-0.39, 0.29) is 16.6 Å². The third-order valence-electron chi connectivity index (χ3n) is 3.68. The Kier molecular flexibility index (Phi) is 4.39.